The Bertz CT molecular complexity index is 975. The van der Waals surface area contributed by atoms with Crippen molar-refractivity contribution in [3.63, 3.8) is 0 Å². The summed E-state index contributed by atoms with van der Waals surface area (Å²) in [7, 11) is 1.72. The van der Waals surface area contributed by atoms with Gasteiger partial charge in [0.2, 0.25) is 5.91 Å². The van der Waals surface area contributed by atoms with Gasteiger partial charge in [0, 0.05) is 30.1 Å². The van der Waals surface area contributed by atoms with Gasteiger partial charge in [-0.3, -0.25) is 4.79 Å². The third-order valence-corrected chi connectivity index (χ3v) is 6.16. The van der Waals surface area contributed by atoms with Crippen LogP contribution in [0.15, 0.2) is 67.0 Å². The first-order valence-corrected chi connectivity index (χ1v) is 10.7. The summed E-state index contributed by atoms with van der Waals surface area (Å²) in [5.74, 6) is 1.01. The SMILES string of the molecule is COc1ccccc1C1(CNC(=O)CCc2cnn(-c3ccccc3)c2)CCCC1. The van der Waals surface area contributed by atoms with E-state index in [9.17, 15) is 4.79 Å². The molecule has 1 saturated carbocycles. The molecule has 1 aliphatic carbocycles. The van der Waals surface area contributed by atoms with Crippen LogP contribution in [-0.2, 0) is 16.6 Å². The minimum atomic E-state index is -0.0273. The van der Waals surface area contributed by atoms with Crippen LogP contribution in [0.1, 0.15) is 43.2 Å². The van der Waals surface area contributed by atoms with Gasteiger partial charge in [0.05, 0.1) is 19.0 Å². The molecule has 3 aromatic rings. The molecule has 0 unspecified atom stereocenters. The van der Waals surface area contributed by atoms with E-state index in [0.29, 0.717) is 19.4 Å². The monoisotopic (exact) mass is 403 g/mol. The Morgan fingerprint density at radius 3 is 2.60 bits per heavy atom. The Kier molecular flexibility index (Phi) is 6.17. The van der Waals surface area contributed by atoms with Crippen molar-refractivity contribution in [3.8, 4) is 11.4 Å². The number of carbonyl (C=O) groups is 1. The number of aromatic nitrogens is 2. The van der Waals surface area contributed by atoms with Crippen LogP contribution in [0.25, 0.3) is 5.69 Å². The van der Waals surface area contributed by atoms with E-state index >= 15 is 0 Å². The molecule has 5 heteroatoms. The summed E-state index contributed by atoms with van der Waals surface area (Å²) < 4.78 is 7.46. The quantitative estimate of drug-likeness (QED) is 0.605. The maximum Gasteiger partial charge on any atom is 0.220 e. The summed E-state index contributed by atoms with van der Waals surface area (Å²) in [5, 5.41) is 7.62. The highest BCUT2D eigenvalue weighted by Gasteiger charge is 2.37. The highest BCUT2D eigenvalue weighted by atomic mass is 16.5. The topological polar surface area (TPSA) is 56.1 Å². The highest BCUT2D eigenvalue weighted by Crippen LogP contribution is 2.44. The standard InChI is InChI=1S/C25H29N3O2/c1-30-23-12-6-5-11-22(23)25(15-7-8-16-25)19-26-24(29)14-13-20-17-27-28(18-20)21-9-3-2-4-10-21/h2-6,9-12,17-18H,7-8,13-16,19H2,1H3,(H,26,29). The molecular weight excluding hydrogens is 374 g/mol. The van der Waals surface area contributed by atoms with Crippen LogP contribution < -0.4 is 10.1 Å². The number of amides is 1. The second-order valence-electron chi connectivity index (χ2n) is 8.09. The van der Waals surface area contributed by atoms with Crippen LogP contribution in [0.4, 0.5) is 0 Å². The minimum Gasteiger partial charge on any atom is -0.496 e. The van der Waals surface area contributed by atoms with Crippen LogP contribution in [0.2, 0.25) is 0 Å². The van der Waals surface area contributed by atoms with E-state index in [1.165, 1.54) is 18.4 Å². The molecule has 0 saturated heterocycles. The summed E-state index contributed by atoms with van der Waals surface area (Å²) in [6.45, 7) is 0.662. The van der Waals surface area contributed by atoms with Crippen molar-refractivity contribution in [2.45, 2.75) is 43.9 Å². The van der Waals surface area contributed by atoms with Crippen molar-refractivity contribution in [3.05, 3.63) is 78.1 Å². The van der Waals surface area contributed by atoms with Crippen molar-refractivity contribution >= 4 is 5.91 Å². The molecular formula is C25H29N3O2. The average molecular weight is 404 g/mol. The third-order valence-electron chi connectivity index (χ3n) is 6.16. The molecule has 1 N–H and O–H groups in total. The maximum absolute atomic E-state index is 12.6. The van der Waals surface area contributed by atoms with Gasteiger partial charge in [-0.05, 0) is 43.0 Å². The molecule has 1 amide bonds. The largest absolute Gasteiger partial charge is 0.496 e. The molecule has 0 aliphatic heterocycles. The zero-order chi connectivity index (χ0) is 20.8. The Balaban J connectivity index is 1.35. The van der Waals surface area contributed by atoms with Crippen LogP contribution in [-0.4, -0.2) is 29.3 Å². The van der Waals surface area contributed by atoms with E-state index in [0.717, 1.165) is 29.8 Å². The Morgan fingerprint density at radius 2 is 1.83 bits per heavy atom. The molecule has 1 fully saturated rings. The Morgan fingerprint density at radius 1 is 1.10 bits per heavy atom. The number of carbonyl (C=O) groups excluding carboxylic acids is 1. The molecule has 1 aromatic heterocycles. The van der Waals surface area contributed by atoms with Gasteiger partial charge in [0.25, 0.3) is 0 Å². The fourth-order valence-electron chi connectivity index (χ4n) is 4.50. The van der Waals surface area contributed by atoms with Gasteiger partial charge in [-0.2, -0.15) is 5.10 Å². The third kappa shape index (κ3) is 4.40. The fourth-order valence-corrected chi connectivity index (χ4v) is 4.50. The number of para-hydroxylation sites is 2. The van der Waals surface area contributed by atoms with E-state index in [2.05, 4.69) is 22.5 Å². The lowest BCUT2D eigenvalue weighted by molar-refractivity contribution is -0.121. The second-order valence-corrected chi connectivity index (χ2v) is 8.09. The first-order valence-electron chi connectivity index (χ1n) is 10.7. The lowest BCUT2D eigenvalue weighted by Crippen LogP contribution is -2.39. The van der Waals surface area contributed by atoms with Crippen LogP contribution in [0.5, 0.6) is 5.75 Å². The van der Waals surface area contributed by atoms with Crippen LogP contribution in [0.3, 0.4) is 0 Å². The number of nitrogens with one attached hydrogen (secondary N) is 1. The number of methoxy groups -OCH3 is 1. The van der Waals surface area contributed by atoms with Gasteiger partial charge in [0.1, 0.15) is 5.75 Å². The van der Waals surface area contributed by atoms with Crippen molar-refractivity contribution in [1.29, 1.82) is 0 Å². The van der Waals surface area contributed by atoms with E-state index in [1.807, 2.05) is 59.5 Å². The molecule has 0 bridgehead atoms. The molecule has 4 rings (SSSR count). The average Bonchev–Trinajstić information content (AvgIpc) is 3.47. The van der Waals surface area contributed by atoms with Crippen molar-refractivity contribution in [2.24, 2.45) is 0 Å². The molecule has 156 valence electrons. The van der Waals surface area contributed by atoms with Gasteiger partial charge >= 0.3 is 0 Å². The first kappa shape index (κ1) is 20.2. The summed E-state index contributed by atoms with van der Waals surface area (Å²) in [6.07, 6.45) is 9.51. The molecule has 30 heavy (non-hydrogen) atoms. The van der Waals surface area contributed by atoms with Gasteiger partial charge in [-0.1, -0.05) is 49.2 Å². The zero-order valence-electron chi connectivity index (χ0n) is 17.5. The predicted molar refractivity (Wildman–Crippen MR) is 118 cm³/mol. The van der Waals surface area contributed by atoms with E-state index in [-0.39, 0.29) is 11.3 Å². The smallest absolute Gasteiger partial charge is 0.220 e. The minimum absolute atomic E-state index is 0.0273. The number of benzene rings is 2. The van der Waals surface area contributed by atoms with Crippen molar-refractivity contribution in [2.75, 3.05) is 13.7 Å². The molecule has 1 heterocycles. The van der Waals surface area contributed by atoms with Gasteiger partial charge < -0.3 is 10.1 Å². The predicted octanol–water partition coefficient (Wildman–Crippen LogP) is 4.44. The summed E-state index contributed by atoms with van der Waals surface area (Å²) in [4.78, 5) is 12.6. The van der Waals surface area contributed by atoms with Crippen LogP contribution in [0, 0.1) is 0 Å². The number of hydrogen-bond acceptors (Lipinski definition) is 3. The van der Waals surface area contributed by atoms with E-state index in [1.54, 1.807) is 7.11 Å². The summed E-state index contributed by atoms with van der Waals surface area (Å²) in [6, 6.07) is 18.2. The van der Waals surface area contributed by atoms with Crippen molar-refractivity contribution in [1.82, 2.24) is 15.1 Å². The van der Waals surface area contributed by atoms with Crippen LogP contribution >= 0.6 is 0 Å². The summed E-state index contributed by atoms with van der Waals surface area (Å²) in [5.41, 5.74) is 3.28. The first-order chi connectivity index (χ1) is 14.7. The van der Waals surface area contributed by atoms with Gasteiger partial charge in [-0.15, -0.1) is 0 Å². The number of hydrogen-bond donors (Lipinski definition) is 1. The lowest BCUT2D eigenvalue weighted by Gasteiger charge is -2.31. The number of rotatable bonds is 8. The lowest BCUT2D eigenvalue weighted by atomic mass is 9.78. The van der Waals surface area contributed by atoms with E-state index in [4.69, 9.17) is 4.74 Å². The van der Waals surface area contributed by atoms with Crippen molar-refractivity contribution < 1.29 is 9.53 Å². The van der Waals surface area contributed by atoms with E-state index < -0.39 is 0 Å². The summed E-state index contributed by atoms with van der Waals surface area (Å²) >= 11 is 0. The molecule has 0 spiro atoms. The number of nitrogens with zero attached hydrogens (tertiary/aromatic N) is 2. The second kappa shape index (κ2) is 9.16. The molecule has 0 radical (unpaired) electrons. The highest BCUT2D eigenvalue weighted by molar-refractivity contribution is 5.76. The molecule has 1 aliphatic rings. The molecule has 0 atom stereocenters. The normalized spacial score (nSPS) is 15.1. The maximum atomic E-state index is 12.6. The molecule has 2 aromatic carbocycles. The number of aryl methyl sites for hydroxylation is 1. The number of ether oxygens (including phenoxy) is 1. The Hall–Kier alpha value is -3.08. The Labute approximate surface area is 178 Å². The fraction of sp³-hybridized carbons (Fsp3) is 0.360. The zero-order valence-corrected chi connectivity index (χ0v) is 17.5. The van der Waals surface area contributed by atoms with Gasteiger partial charge in [0.15, 0.2) is 0 Å². The van der Waals surface area contributed by atoms with Gasteiger partial charge in [-0.25, -0.2) is 4.68 Å². The molecule has 5 nitrogen and oxygen atoms in total.